The van der Waals surface area contributed by atoms with Crippen molar-refractivity contribution in [2.75, 3.05) is 6.54 Å². The highest BCUT2D eigenvalue weighted by molar-refractivity contribution is 5.80. The van der Waals surface area contributed by atoms with Gasteiger partial charge in [0.05, 0.1) is 6.04 Å². The SMILES string of the molecule is CCCN1C(=O)CC(N)C1c1ccc(C)cc1. The number of hydrogen-bond acceptors (Lipinski definition) is 2. The van der Waals surface area contributed by atoms with Crippen LogP contribution in [0.2, 0.25) is 0 Å². The van der Waals surface area contributed by atoms with Crippen molar-refractivity contribution in [3.05, 3.63) is 35.4 Å². The summed E-state index contributed by atoms with van der Waals surface area (Å²) in [5.41, 5.74) is 8.48. The van der Waals surface area contributed by atoms with Crippen LogP contribution in [0, 0.1) is 6.92 Å². The quantitative estimate of drug-likeness (QED) is 0.866. The van der Waals surface area contributed by atoms with E-state index in [1.54, 1.807) is 0 Å². The molecule has 1 aromatic rings. The molecule has 92 valence electrons. The van der Waals surface area contributed by atoms with Gasteiger partial charge in [0.2, 0.25) is 5.91 Å². The molecule has 1 amide bonds. The zero-order valence-corrected chi connectivity index (χ0v) is 10.5. The van der Waals surface area contributed by atoms with E-state index < -0.39 is 0 Å². The van der Waals surface area contributed by atoms with Crippen LogP contribution in [0.15, 0.2) is 24.3 Å². The Morgan fingerprint density at radius 1 is 1.35 bits per heavy atom. The van der Waals surface area contributed by atoms with Gasteiger partial charge in [0, 0.05) is 19.0 Å². The smallest absolute Gasteiger partial charge is 0.224 e. The molecule has 1 heterocycles. The zero-order chi connectivity index (χ0) is 12.4. The molecule has 1 aliphatic heterocycles. The number of amides is 1. The van der Waals surface area contributed by atoms with E-state index in [1.165, 1.54) is 5.56 Å². The predicted molar refractivity (Wildman–Crippen MR) is 68.5 cm³/mol. The first-order valence-corrected chi connectivity index (χ1v) is 6.25. The Hall–Kier alpha value is -1.35. The van der Waals surface area contributed by atoms with Gasteiger partial charge in [-0.3, -0.25) is 4.79 Å². The van der Waals surface area contributed by atoms with Crippen molar-refractivity contribution in [1.82, 2.24) is 4.90 Å². The van der Waals surface area contributed by atoms with Gasteiger partial charge in [0.15, 0.2) is 0 Å². The van der Waals surface area contributed by atoms with Gasteiger partial charge in [-0.05, 0) is 18.9 Å². The molecule has 0 saturated carbocycles. The molecule has 0 bridgehead atoms. The molecule has 0 radical (unpaired) electrons. The summed E-state index contributed by atoms with van der Waals surface area (Å²) in [5, 5.41) is 0. The molecule has 2 atom stereocenters. The third-order valence-electron chi connectivity index (χ3n) is 3.36. The van der Waals surface area contributed by atoms with Crippen molar-refractivity contribution in [3.8, 4) is 0 Å². The van der Waals surface area contributed by atoms with Gasteiger partial charge in [-0.2, -0.15) is 0 Å². The first kappa shape index (κ1) is 12.1. The number of likely N-dealkylation sites (tertiary alicyclic amines) is 1. The monoisotopic (exact) mass is 232 g/mol. The Bertz CT molecular complexity index is 399. The second-order valence-electron chi connectivity index (χ2n) is 4.81. The summed E-state index contributed by atoms with van der Waals surface area (Å²) in [6, 6.07) is 8.31. The highest BCUT2D eigenvalue weighted by atomic mass is 16.2. The molecule has 17 heavy (non-hydrogen) atoms. The molecule has 0 aromatic heterocycles. The molecule has 3 heteroatoms. The van der Waals surface area contributed by atoms with E-state index in [1.807, 2.05) is 4.90 Å². The first-order valence-electron chi connectivity index (χ1n) is 6.25. The summed E-state index contributed by atoms with van der Waals surface area (Å²) in [6.07, 6.45) is 1.44. The minimum atomic E-state index is -0.0724. The van der Waals surface area contributed by atoms with Crippen LogP contribution < -0.4 is 5.73 Å². The van der Waals surface area contributed by atoms with Crippen LogP contribution in [-0.4, -0.2) is 23.4 Å². The van der Waals surface area contributed by atoms with Gasteiger partial charge in [0.1, 0.15) is 0 Å². The van der Waals surface area contributed by atoms with E-state index in [0.29, 0.717) is 6.42 Å². The van der Waals surface area contributed by atoms with Gasteiger partial charge in [-0.25, -0.2) is 0 Å². The molecule has 3 nitrogen and oxygen atoms in total. The molecule has 1 aliphatic rings. The van der Waals surface area contributed by atoms with Crippen molar-refractivity contribution in [2.24, 2.45) is 5.73 Å². The average Bonchev–Trinajstić information content (AvgIpc) is 2.56. The topological polar surface area (TPSA) is 46.3 Å². The molecule has 2 N–H and O–H groups in total. The van der Waals surface area contributed by atoms with Gasteiger partial charge in [0.25, 0.3) is 0 Å². The molecular weight excluding hydrogens is 212 g/mol. The highest BCUT2D eigenvalue weighted by Crippen LogP contribution is 2.32. The average molecular weight is 232 g/mol. The minimum absolute atomic E-state index is 0.0584. The third-order valence-corrected chi connectivity index (χ3v) is 3.36. The molecule has 2 rings (SSSR count). The second kappa shape index (κ2) is 4.88. The number of carbonyl (C=O) groups is 1. The van der Waals surface area contributed by atoms with Crippen LogP contribution in [0.4, 0.5) is 0 Å². The Morgan fingerprint density at radius 2 is 2.00 bits per heavy atom. The lowest BCUT2D eigenvalue weighted by Crippen LogP contribution is -2.33. The molecule has 1 fully saturated rings. The lowest BCUT2D eigenvalue weighted by atomic mass is 9.99. The number of benzene rings is 1. The second-order valence-corrected chi connectivity index (χ2v) is 4.81. The van der Waals surface area contributed by atoms with Crippen LogP contribution in [0.5, 0.6) is 0 Å². The fraction of sp³-hybridized carbons (Fsp3) is 0.500. The maximum atomic E-state index is 11.9. The van der Waals surface area contributed by atoms with E-state index in [4.69, 9.17) is 5.73 Å². The molecule has 0 spiro atoms. The van der Waals surface area contributed by atoms with Crippen LogP contribution in [-0.2, 0) is 4.79 Å². The van der Waals surface area contributed by atoms with E-state index in [-0.39, 0.29) is 18.0 Å². The standard InChI is InChI=1S/C14H20N2O/c1-3-8-16-13(17)9-12(15)14(16)11-6-4-10(2)5-7-11/h4-7,12,14H,3,8-9,15H2,1-2H3. The fourth-order valence-electron chi connectivity index (χ4n) is 2.51. The Kier molecular flexibility index (Phi) is 3.48. The molecule has 0 aliphatic carbocycles. The Balaban J connectivity index is 2.28. The van der Waals surface area contributed by atoms with Crippen LogP contribution >= 0.6 is 0 Å². The van der Waals surface area contributed by atoms with E-state index >= 15 is 0 Å². The number of hydrogen-bond donors (Lipinski definition) is 1. The summed E-state index contributed by atoms with van der Waals surface area (Å²) in [7, 11) is 0. The lowest BCUT2D eigenvalue weighted by Gasteiger charge is -2.27. The Labute approximate surface area is 103 Å². The molecule has 1 aromatic carbocycles. The third kappa shape index (κ3) is 2.34. The van der Waals surface area contributed by atoms with E-state index in [0.717, 1.165) is 18.5 Å². The van der Waals surface area contributed by atoms with Crippen molar-refractivity contribution >= 4 is 5.91 Å². The highest BCUT2D eigenvalue weighted by Gasteiger charge is 2.37. The van der Waals surface area contributed by atoms with Crippen molar-refractivity contribution < 1.29 is 4.79 Å². The Morgan fingerprint density at radius 3 is 2.59 bits per heavy atom. The van der Waals surface area contributed by atoms with Crippen molar-refractivity contribution in [2.45, 2.75) is 38.8 Å². The summed E-state index contributed by atoms with van der Waals surface area (Å²) in [4.78, 5) is 13.8. The summed E-state index contributed by atoms with van der Waals surface area (Å²) in [6.45, 7) is 4.95. The number of rotatable bonds is 3. The minimum Gasteiger partial charge on any atom is -0.334 e. The van der Waals surface area contributed by atoms with E-state index in [2.05, 4.69) is 38.1 Å². The van der Waals surface area contributed by atoms with Gasteiger partial charge < -0.3 is 10.6 Å². The van der Waals surface area contributed by atoms with Crippen molar-refractivity contribution in [3.63, 3.8) is 0 Å². The first-order chi connectivity index (χ1) is 8.13. The number of aryl methyl sites for hydroxylation is 1. The largest absolute Gasteiger partial charge is 0.334 e. The fourth-order valence-corrected chi connectivity index (χ4v) is 2.51. The number of nitrogens with two attached hydrogens (primary N) is 1. The maximum absolute atomic E-state index is 11.9. The molecule has 2 unspecified atom stereocenters. The van der Waals surface area contributed by atoms with Crippen LogP contribution in [0.1, 0.15) is 36.9 Å². The lowest BCUT2D eigenvalue weighted by molar-refractivity contribution is -0.129. The number of nitrogens with zero attached hydrogens (tertiary/aromatic N) is 1. The maximum Gasteiger partial charge on any atom is 0.224 e. The van der Waals surface area contributed by atoms with E-state index in [9.17, 15) is 4.79 Å². The van der Waals surface area contributed by atoms with Gasteiger partial charge >= 0.3 is 0 Å². The van der Waals surface area contributed by atoms with Crippen LogP contribution in [0.3, 0.4) is 0 Å². The van der Waals surface area contributed by atoms with Gasteiger partial charge in [-0.1, -0.05) is 36.8 Å². The normalized spacial score (nSPS) is 24.4. The van der Waals surface area contributed by atoms with Crippen LogP contribution in [0.25, 0.3) is 0 Å². The predicted octanol–water partition coefficient (Wildman–Crippen LogP) is 2.01. The zero-order valence-electron chi connectivity index (χ0n) is 10.5. The summed E-state index contributed by atoms with van der Waals surface area (Å²) >= 11 is 0. The summed E-state index contributed by atoms with van der Waals surface area (Å²) < 4.78 is 0. The summed E-state index contributed by atoms with van der Waals surface area (Å²) in [5.74, 6) is 0.185. The number of carbonyl (C=O) groups excluding carboxylic acids is 1. The molecule has 1 saturated heterocycles. The van der Waals surface area contributed by atoms with Crippen molar-refractivity contribution in [1.29, 1.82) is 0 Å². The van der Waals surface area contributed by atoms with Gasteiger partial charge in [-0.15, -0.1) is 0 Å². The molecular formula is C14H20N2O.